The minimum absolute atomic E-state index is 0.00336. The summed E-state index contributed by atoms with van der Waals surface area (Å²) in [6.07, 6.45) is 3.13. The Bertz CT molecular complexity index is 1020. The summed E-state index contributed by atoms with van der Waals surface area (Å²) in [5, 5.41) is 16.6. The van der Waals surface area contributed by atoms with Gasteiger partial charge in [0.05, 0.1) is 28.0 Å². The van der Waals surface area contributed by atoms with Crippen molar-refractivity contribution in [1.82, 2.24) is 9.97 Å². The second kappa shape index (κ2) is 6.77. The predicted octanol–water partition coefficient (Wildman–Crippen LogP) is 5.25. The molecule has 2 heterocycles. The van der Waals surface area contributed by atoms with Gasteiger partial charge in [-0.1, -0.05) is 11.6 Å². The Morgan fingerprint density at radius 1 is 1.15 bits per heavy atom. The van der Waals surface area contributed by atoms with Crippen molar-refractivity contribution < 1.29 is 4.39 Å². The molecule has 1 aromatic carbocycles. The summed E-state index contributed by atoms with van der Waals surface area (Å²) in [4.78, 5) is 8.65. The summed E-state index contributed by atoms with van der Waals surface area (Å²) < 4.78 is 13.4. The number of anilines is 3. The van der Waals surface area contributed by atoms with Crippen LogP contribution in [0.25, 0.3) is 10.9 Å². The lowest BCUT2D eigenvalue weighted by molar-refractivity contribution is 0.628. The van der Waals surface area contributed by atoms with Gasteiger partial charge in [-0.2, -0.15) is 5.26 Å². The van der Waals surface area contributed by atoms with Gasteiger partial charge in [0, 0.05) is 22.8 Å². The molecule has 0 unspecified atom stereocenters. The number of benzene rings is 1. The van der Waals surface area contributed by atoms with Gasteiger partial charge in [0.15, 0.2) is 0 Å². The first-order chi connectivity index (χ1) is 12.3. The first-order valence-corrected chi connectivity index (χ1v) is 8.34. The van der Waals surface area contributed by atoms with Gasteiger partial charge in [0.25, 0.3) is 0 Å². The molecule has 0 radical (unpaired) electrons. The molecule has 0 spiro atoms. The molecule has 0 saturated heterocycles. The van der Waals surface area contributed by atoms with E-state index < -0.39 is 5.82 Å². The van der Waals surface area contributed by atoms with Gasteiger partial charge >= 0.3 is 0 Å². The normalized spacial score (nSPS) is 11.2. The van der Waals surface area contributed by atoms with Crippen LogP contribution in [-0.4, -0.2) is 15.5 Å². The Kier molecular flexibility index (Phi) is 4.66. The molecule has 26 heavy (non-hydrogen) atoms. The largest absolute Gasteiger partial charge is 0.365 e. The van der Waals surface area contributed by atoms with Crippen LogP contribution in [-0.2, 0) is 0 Å². The van der Waals surface area contributed by atoms with Gasteiger partial charge in [-0.25, -0.2) is 9.37 Å². The van der Waals surface area contributed by atoms with Crippen molar-refractivity contribution in [2.45, 2.75) is 26.3 Å². The third-order valence-corrected chi connectivity index (χ3v) is 3.86. The highest BCUT2D eigenvalue weighted by Crippen LogP contribution is 2.31. The molecule has 0 aliphatic rings. The molecule has 0 amide bonds. The molecule has 2 aromatic heterocycles. The smallest absolute Gasteiger partial charge is 0.141 e. The molecule has 0 fully saturated rings. The number of pyridine rings is 2. The molecular weight excluding hydrogens is 353 g/mol. The minimum atomic E-state index is -0.502. The Hall–Kier alpha value is -2.91. The second-order valence-electron chi connectivity index (χ2n) is 6.87. The van der Waals surface area contributed by atoms with Crippen LogP contribution >= 0.6 is 11.6 Å². The van der Waals surface area contributed by atoms with Gasteiger partial charge in [-0.05, 0) is 45.0 Å². The fraction of sp³-hybridized carbons (Fsp3) is 0.211. The molecule has 0 saturated carbocycles. The molecule has 0 aliphatic carbocycles. The highest BCUT2D eigenvalue weighted by molar-refractivity contribution is 6.31. The lowest BCUT2D eigenvalue weighted by Gasteiger charge is -2.21. The summed E-state index contributed by atoms with van der Waals surface area (Å²) in [5.74, 6) is 0.167. The van der Waals surface area contributed by atoms with Crippen LogP contribution in [0.1, 0.15) is 26.3 Å². The van der Waals surface area contributed by atoms with Crippen molar-refractivity contribution >= 4 is 39.7 Å². The van der Waals surface area contributed by atoms with E-state index in [0.717, 1.165) is 5.39 Å². The van der Waals surface area contributed by atoms with E-state index in [9.17, 15) is 9.65 Å². The van der Waals surface area contributed by atoms with E-state index in [2.05, 4.69) is 26.7 Å². The van der Waals surface area contributed by atoms with E-state index in [1.54, 1.807) is 12.3 Å². The molecule has 0 bridgehead atoms. The first kappa shape index (κ1) is 17.9. The number of rotatable bonds is 3. The monoisotopic (exact) mass is 369 g/mol. The zero-order chi connectivity index (χ0) is 18.9. The third kappa shape index (κ3) is 3.84. The zero-order valence-electron chi connectivity index (χ0n) is 14.6. The van der Waals surface area contributed by atoms with Crippen molar-refractivity contribution in [3.63, 3.8) is 0 Å². The summed E-state index contributed by atoms with van der Waals surface area (Å²) in [6.45, 7) is 6.09. The molecule has 3 rings (SSSR count). The maximum absolute atomic E-state index is 13.4. The van der Waals surface area contributed by atoms with Gasteiger partial charge in [-0.15, -0.1) is 0 Å². The quantitative estimate of drug-likeness (QED) is 0.659. The van der Waals surface area contributed by atoms with E-state index >= 15 is 0 Å². The maximum atomic E-state index is 13.4. The van der Waals surface area contributed by atoms with Crippen LogP contribution < -0.4 is 10.6 Å². The Balaban J connectivity index is 2.12. The van der Waals surface area contributed by atoms with Gasteiger partial charge in [0.2, 0.25) is 0 Å². The number of nitrogens with zero attached hydrogens (tertiary/aromatic N) is 3. The predicted molar refractivity (Wildman–Crippen MR) is 102 cm³/mol. The lowest BCUT2D eigenvalue weighted by atomic mass is 10.1. The van der Waals surface area contributed by atoms with Crippen LogP contribution in [0.4, 0.5) is 21.6 Å². The average molecular weight is 370 g/mol. The standard InChI is InChI=1S/C19H17ClFN5/c1-19(2,3)26-17-7-13-16(10-24-17)23-9-11(8-22)18(13)25-12-4-5-15(21)14(20)6-12/h4-7,9-10H,1-3H3,(H,23,25)(H,24,26). The second-order valence-corrected chi connectivity index (χ2v) is 7.28. The SMILES string of the molecule is CC(C)(C)Nc1cc2c(Nc3ccc(F)c(Cl)c3)c(C#N)cnc2cn1. The van der Waals surface area contributed by atoms with Gasteiger partial charge < -0.3 is 10.6 Å². The van der Waals surface area contributed by atoms with Gasteiger partial charge in [0.1, 0.15) is 17.7 Å². The van der Waals surface area contributed by atoms with Crippen LogP contribution in [0.3, 0.4) is 0 Å². The van der Waals surface area contributed by atoms with E-state index in [1.807, 2.05) is 26.8 Å². The third-order valence-electron chi connectivity index (χ3n) is 3.57. The first-order valence-electron chi connectivity index (χ1n) is 7.96. The number of nitriles is 1. The van der Waals surface area contributed by atoms with E-state index in [4.69, 9.17) is 11.6 Å². The molecule has 5 nitrogen and oxygen atoms in total. The van der Waals surface area contributed by atoms with Crippen LogP contribution in [0.2, 0.25) is 5.02 Å². The Morgan fingerprint density at radius 2 is 1.92 bits per heavy atom. The number of halogens is 2. The van der Waals surface area contributed by atoms with Crippen LogP contribution in [0.15, 0.2) is 36.7 Å². The number of hydrogen-bond acceptors (Lipinski definition) is 5. The summed E-state index contributed by atoms with van der Waals surface area (Å²) in [5.41, 5.74) is 1.98. The molecule has 0 aliphatic heterocycles. The van der Waals surface area contributed by atoms with E-state index in [1.165, 1.54) is 18.3 Å². The molecular formula is C19H17ClFN5. The number of fused-ring (bicyclic) bond motifs is 1. The zero-order valence-corrected chi connectivity index (χ0v) is 15.3. The maximum Gasteiger partial charge on any atom is 0.141 e. The number of aromatic nitrogens is 2. The molecule has 0 atom stereocenters. The fourth-order valence-corrected chi connectivity index (χ4v) is 2.67. The summed E-state index contributed by atoms with van der Waals surface area (Å²) >= 11 is 5.86. The highest BCUT2D eigenvalue weighted by Gasteiger charge is 2.14. The van der Waals surface area contributed by atoms with E-state index in [0.29, 0.717) is 28.3 Å². The molecule has 2 N–H and O–H groups in total. The highest BCUT2D eigenvalue weighted by atomic mass is 35.5. The van der Waals surface area contributed by atoms with Crippen LogP contribution in [0, 0.1) is 17.1 Å². The minimum Gasteiger partial charge on any atom is -0.365 e. The van der Waals surface area contributed by atoms with Crippen molar-refractivity contribution in [3.05, 3.63) is 53.1 Å². The number of hydrogen-bond donors (Lipinski definition) is 2. The Labute approximate surface area is 155 Å². The van der Waals surface area contributed by atoms with Crippen molar-refractivity contribution in [2.75, 3.05) is 10.6 Å². The molecule has 3 aromatic rings. The number of nitrogens with one attached hydrogen (secondary N) is 2. The van der Waals surface area contributed by atoms with Crippen molar-refractivity contribution in [1.29, 1.82) is 5.26 Å². The topological polar surface area (TPSA) is 73.6 Å². The van der Waals surface area contributed by atoms with E-state index in [-0.39, 0.29) is 10.6 Å². The van der Waals surface area contributed by atoms with Crippen molar-refractivity contribution in [2.24, 2.45) is 0 Å². The van der Waals surface area contributed by atoms with Gasteiger partial charge in [-0.3, -0.25) is 4.98 Å². The lowest BCUT2D eigenvalue weighted by Crippen LogP contribution is -2.26. The average Bonchev–Trinajstić information content (AvgIpc) is 2.57. The van der Waals surface area contributed by atoms with Crippen molar-refractivity contribution in [3.8, 4) is 6.07 Å². The molecule has 7 heteroatoms. The Morgan fingerprint density at radius 3 is 2.58 bits per heavy atom. The van der Waals surface area contributed by atoms with Crippen LogP contribution in [0.5, 0.6) is 0 Å². The molecule has 132 valence electrons. The fourth-order valence-electron chi connectivity index (χ4n) is 2.49. The summed E-state index contributed by atoms with van der Waals surface area (Å²) in [6, 6.07) is 8.27. The summed E-state index contributed by atoms with van der Waals surface area (Å²) in [7, 11) is 0.